The summed E-state index contributed by atoms with van der Waals surface area (Å²) < 4.78 is 4.21. The van der Waals surface area contributed by atoms with Gasteiger partial charge in [0.2, 0.25) is 0 Å². The Balaban J connectivity index is 4.29. The first-order valence-corrected chi connectivity index (χ1v) is 3.35. The lowest BCUT2D eigenvalue weighted by atomic mass is 10.2. The largest absolute Gasteiger partial charge is 0.390 e. The lowest BCUT2D eigenvalue weighted by molar-refractivity contribution is -0.155. The second kappa shape index (κ2) is 4.43. The molecule has 4 nitrogen and oxygen atoms in total. The van der Waals surface area contributed by atoms with Gasteiger partial charge in [0.25, 0.3) is 0 Å². The Hall–Kier alpha value is -1.45. The Morgan fingerprint density at radius 2 is 1.58 bits per heavy atom. The summed E-state index contributed by atoms with van der Waals surface area (Å²) in [6, 6.07) is 0. The summed E-state index contributed by atoms with van der Waals surface area (Å²) in [6.07, 6.45) is 1.12. The molecule has 66 valence electrons. The van der Waals surface area contributed by atoms with Gasteiger partial charge in [0.15, 0.2) is 5.78 Å². The smallest absolute Gasteiger partial charge is 0.341 e. The molecular formula is C8H10O4. The fraction of sp³-hybridized carbons (Fsp3) is 0.375. The number of hydrogen-bond acceptors (Lipinski definition) is 4. The number of carbonyl (C=O) groups excluding carboxylic acids is 3. The molecule has 0 heterocycles. The van der Waals surface area contributed by atoms with Crippen LogP contribution in [0, 0.1) is 0 Å². The Bertz CT molecular complexity index is 250. The van der Waals surface area contributed by atoms with Crippen LogP contribution in [0.25, 0.3) is 0 Å². The summed E-state index contributed by atoms with van der Waals surface area (Å²) in [7, 11) is 0. The average Bonchev–Trinajstić information content (AvgIpc) is 1.84. The van der Waals surface area contributed by atoms with E-state index in [9.17, 15) is 14.4 Å². The highest BCUT2D eigenvalue weighted by Crippen LogP contribution is 1.96. The van der Waals surface area contributed by atoms with Gasteiger partial charge < -0.3 is 4.74 Å². The van der Waals surface area contributed by atoms with E-state index in [1.54, 1.807) is 0 Å². The highest BCUT2D eigenvalue weighted by Gasteiger charge is 2.08. The van der Waals surface area contributed by atoms with E-state index in [-0.39, 0.29) is 11.4 Å². The molecule has 0 aromatic rings. The van der Waals surface area contributed by atoms with Crippen molar-refractivity contribution in [2.24, 2.45) is 0 Å². The predicted molar refractivity (Wildman–Crippen MR) is 41.2 cm³/mol. The molecule has 0 bridgehead atoms. The Labute approximate surface area is 70.2 Å². The van der Waals surface area contributed by atoms with Crippen LogP contribution in [-0.4, -0.2) is 17.7 Å². The van der Waals surface area contributed by atoms with E-state index in [0.717, 1.165) is 13.0 Å². The first kappa shape index (κ1) is 10.6. The van der Waals surface area contributed by atoms with Crippen molar-refractivity contribution in [3.63, 3.8) is 0 Å². The Morgan fingerprint density at radius 3 is 1.92 bits per heavy atom. The van der Waals surface area contributed by atoms with Gasteiger partial charge in [-0.1, -0.05) is 0 Å². The molecule has 0 aromatic carbocycles. The van der Waals surface area contributed by atoms with Crippen molar-refractivity contribution in [1.82, 2.24) is 0 Å². The van der Waals surface area contributed by atoms with Crippen molar-refractivity contribution >= 4 is 17.7 Å². The van der Waals surface area contributed by atoms with E-state index < -0.39 is 11.9 Å². The third kappa shape index (κ3) is 4.38. The van der Waals surface area contributed by atoms with Gasteiger partial charge in [0, 0.05) is 12.5 Å². The molecule has 0 rings (SSSR count). The molecule has 0 aromatic heterocycles. The summed E-state index contributed by atoms with van der Waals surface area (Å²) in [4.78, 5) is 31.6. The number of rotatable bonds is 2. The fourth-order valence-corrected chi connectivity index (χ4v) is 0.575. The van der Waals surface area contributed by atoms with Crippen molar-refractivity contribution in [3.05, 3.63) is 11.6 Å². The first-order chi connectivity index (χ1) is 5.43. The predicted octanol–water partition coefficient (Wildman–Crippen LogP) is 0.611. The molecule has 0 aliphatic rings. The van der Waals surface area contributed by atoms with E-state index in [0.29, 0.717) is 0 Å². The van der Waals surface area contributed by atoms with Crippen molar-refractivity contribution in [2.75, 3.05) is 0 Å². The van der Waals surface area contributed by atoms with Crippen LogP contribution < -0.4 is 0 Å². The van der Waals surface area contributed by atoms with Gasteiger partial charge in [0.1, 0.15) is 0 Å². The number of ether oxygens (including phenoxy) is 1. The maximum absolute atomic E-state index is 10.8. The topological polar surface area (TPSA) is 60.4 Å². The van der Waals surface area contributed by atoms with Gasteiger partial charge >= 0.3 is 11.9 Å². The first-order valence-electron chi connectivity index (χ1n) is 3.35. The van der Waals surface area contributed by atoms with Gasteiger partial charge in [-0.15, -0.1) is 0 Å². The highest BCUT2D eigenvalue weighted by atomic mass is 16.6. The normalized spacial score (nSPS) is 10.8. The van der Waals surface area contributed by atoms with Crippen molar-refractivity contribution in [2.45, 2.75) is 20.8 Å². The van der Waals surface area contributed by atoms with E-state index in [2.05, 4.69) is 4.74 Å². The molecule has 0 spiro atoms. The number of ketones is 1. The maximum atomic E-state index is 10.8. The van der Waals surface area contributed by atoms with Crippen LogP contribution in [0.5, 0.6) is 0 Å². The van der Waals surface area contributed by atoms with Gasteiger partial charge in [-0.3, -0.25) is 9.59 Å². The second-order valence-corrected chi connectivity index (χ2v) is 2.32. The van der Waals surface area contributed by atoms with Crippen LogP contribution in [0.15, 0.2) is 11.6 Å². The summed E-state index contributed by atoms with van der Waals surface area (Å²) in [5.41, 5.74) is 0.123. The minimum absolute atomic E-state index is 0.123. The molecule has 0 saturated carbocycles. The number of carbonyl (C=O) groups is 3. The zero-order valence-electron chi connectivity index (χ0n) is 7.21. The monoisotopic (exact) mass is 170 g/mol. The van der Waals surface area contributed by atoms with Crippen LogP contribution in [0.1, 0.15) is 20.8 Å². The molecule has 0 aliphatic carbocycles. The van der Waals surface area contributed by atoms with Crippen molar-refractivity contribution in [1.29, 1.82) is 0 Å². The van der Waals surface area contributed by atoms with Crippen molar-refractivity contribution < 1.29 is 19.1 Å². The molecule has 0 amide bonds. The van der Waals surface area contributed by atoms with Crippen LogP contribution in [0.4, 0.5) is 0 Å². The minimum atomic E-state index is -0.780. The third-order valence-corrected chi connectivity index (χ3v) is 0.978. The second-order valence-electron chi connectivity index (χ2n) is 2.32. The molecule has 0 N–H and O–H groups in total. The molecular weight excluding hydrogens is 160 g/mol. The standard InChI is InChI=1S/C8H10O4/c1-5(4-6(2)9)8(11)12-7(3)10/h4H,1-3H3. The lowest BCUT2D eigenvalue weighted by Gasteiger charge is -1.97. The van der Waals surface area contributed by atoms with Crippen molar-refractivity contribution in [3.8, 4) is 0 Å². The zero-order valence-corrected chi connectivity index (χ0v) is 7.21. The lowest BCUT2D eigenvalue weighted by Crippen LogP contribution is -2.10. The van der Waals surface area contributed by atoms with E-state index in [4.69, 9.17) is 0 Å². The molecule has 0 radical (unpaired) electrons. The highest BCUT2D eigenvalue weighted by molar-refractivity contribution is 6.01. The number of allylic oxidation sites excluding steroid dienone is 1. The van der Waals surface area contributed by atoms with Crippen LogP contribution in [0.2, 0.25) is 0 Å². The summed E-state index contributed by atoms with van der Waals surface area (Å²) in [5.74, 6) is -1.72. The Kier molecular flexibility index (Phi) is 3.90. The van der Waals surface area contributed by atoms with Crippen LogP contribution in [-0.2, 0) is 19.1 Å². The molecule has 0 saturated heterocycles. The van der Waals surface area contributed by atoms with Gasteiger partial charge in [0.05, 0.1) is 0 Å². The number of hydrogen-bond donors (Lipinski definition) is 0. The molecule has 0 unspecified atom stereocenters. The van der Waals surface area contributed by atoms with Crippen LogP contribution in [0.3, 0.4) is 0 Å². The van der Waals surface area contributed by atoms with Gasteiger partial charge in [-0.2, -0.15) is 0 Å². The minimum Gasteiger partial charge on any atom is -0.390 e. The van der Waals surface area contributed by atoms with Gasteiger partial charge in [-0.25, -0.2) is 4.79 Å². The maximum Gasteiger partial charge on any atom is 0.341 e. The average molecular weight is 170 g/mol. The molecule has 0 atom stereocenters. The molecule has 4 heteroatoms. The van der Waals surface area contributed by atoms with Crippen LogP contribution >= 0.6 is 0 Å². The van der Waals surface area contributed by atoms with Gasteiger partial charge in [-0.05, 0) is 19.9 Å². The zero-order chi connectivity index (χ0) is 9.72. The Morgan fingerprint density at radius 1 is 1.08 bits per heavy atom. The SMILES string of the molecule is CC(=O)C=C(C)C(=O)OC(C)=O. The third-order valence-electron chi connectivity index (χ3n) is 0.978. The molecule has 12 heavy (non-hydrogen) atoms. The van der Waals surface area contributed by atoms with E-state index in [1.807, 2.05) is 0 Å². The number of esters is 2. The van der Waals surface area contributed by atoms with E-state index >= 15 is 0 Å². The fourth-order valence-electron chi connectivity index (χ4n) is 0.575. The van der Waals surface area contributed by atoms with E-state index in [1.165, 1.54) is 13.8 Å². The summed E-state index contributed by atoms with van der Waals surface area (Å²) in [6.45, 7) is 3.84. The molecule has 0 fully saturated rings. The summed E-state index contributed by atoms with van der Waals surface area (Å²) in [5, 5.41) is 0. The molecule has 0 aliphatic heterocycles. The summed E-state index contributed by atoms with van der Waals surface area (Å²) >= 11 is 0. The quantitative estimate of drug-likeness (QED) is 0.346.